The van der Waals surface area contributed by atoms with E-state index in [0.29, 0.717) is 11.4 Å². The molecule has 0 aliphatic carbocycles. The monoisotopic (exact) mass is 388 g/mol. The van der Waals surface area contributed by atoms with Crippen LogP contribution in [-0.2, 0) is 19.1 Å². The molecule has 1 saturated heterocycles. The van der Waals surface area contributed by atoms with Crippen molar-refractivity contribution in [2.75, 3.05) is 37.0 Å². The van der Waals surface area contributed by atoms with E-state index < -0.39 is 23.9 Å². The predicted octanol–water partition coefficient (Wildman–Crippen LogP) is -0.195. The van der Waals surface area contributed by atoms with Gasteiger partial charge in [-0.05, 0) is 25.1 Å². The number of nitrogens with zero attached hydrogens (tertiary/aromatic N) is 2. The summed E-state index contributed by atoms with van der Waals surface area (Å²) in [6, 6.07) is 5.21. The van der Waals surface area contributed by atoms with Crippen LogP contribution >= 0.6 is 0 Å². The van der Waals surface area contributed by atoms with Gasteiger partial charge in [-0.3, -0.25) is 9.59 Å². The second-order valence-corrected chi connectivity index (χ2v) is 6.32. The van der Waals surface area contributed by atoms with Crippen molar-refractivity contribution in [3.63, 3.8) is 0 Å². The van der Waals surface area contributed by atoms with Crippen molar-refractivity contribution in [2.24, 2.45) is 0 Å². The normalized spacial score (nSPS) is 19.4. The summed E-state index contributed by atoms with van der Waals surface area (Å²) in [5, 5.41) is 14.5. The van der Waals surface area contributed by atoms with Gasteiger partial charge in [-0.25, -0.2) is 14.5 Å². The maximum atomic E-state index is 12.6. The number of ether oxygens (including phenoxy) is 1. The zero-order valence-electron chi connectivity index (χ0n) is 15.4. The maximum absolute atomic E-state index is 12.6. The quantitative estimate of drug-likeness (QED) is 0.455. The van der Waals surface area contributed by atoms with Crippen LogP contribution in [0.25, 0.3) is 0 Å². The van der Waals surface area contributed by atoms with Crippen molar-refractivity contribution < 1.29 is 29.0 Å². The number of aliphatic hydroxyl groups is 1. The number of rotatable bonds is 6. The molecule has 0 radical (unpaired) electrons. The number of β-amino-alcohol motifs (C(OH)–C–C–N with tert-alkyl or cyclic N) is 1. The van der Waals surface area contributed by atoms with Crippen LogP contribution in [0, 0.1) is 0 Å². The molecule has 1 unspecified atom stereocenters. The van der Waals surface area contributed by atoms with E-state index in [-0.39, 0.29) is 36.9 Å². The van der Waals surface area contributed by atoms with Gasteiger partial charge in [0.25, 0.3) is 11.8 Å². The molecule has 148 valence electrons. The minimum atomic E-state index is -0.657. The highest BCUT2D eigenvalue weighted by Gasteiger charge is 2.37. The molecule has 1 aromatic rings. The lowest BCUT2D eigenvalue weighted by Gasteiger charge is -2.16. The number of hydrogen-bond donors (Lipinski definition) is 3. The molecular formula is C18H20N4O6. The van der Waals surface area contributed by atoms with Gasteiger partial charge in [-0.1, -0.05) is 6.07 Å². The number of benzene rings is 1. The van der Waals surface area contributed by atoms with E-state index in [4.69, 9.17) is 9.84 Å². The van der Waals surface area contributed by atoms with Gasteiger partial charge >= 0.3 is 12.0 Å². The smallest absolute Gasteiger partial charge is 0.337 e. The zero-order chi connectivity index (χ0) is 20.4. The average molecular weight is 388 g/mol. The Hall–Kier alpha value is -3.40. The minimum absolute atomic E-state index is 0.0125. The van der Waals surface area contributed by atoms with E-state index in [1.54, 1.807) is 25.1 Å². The summed E-state index contributed by atoms with van der Waals surface area (Å²) in [6.45, 7) is 1.43. The first-order valence-electron chi connectivity index (χ1n) is 8.60. The largest absolute Gasteiger partial charge is 0.466 e. The SMILES string of the molecule is COC(=O)C1=C(Nc2cccc(N3C(=O)NC(C)C3=O)c2)C(=O)N(CCO)C1. The van der Waals surface area contributed by atoms with Gasteiger partial charge in [0.2, 0.25) is 0 Å². The number of esters is 1. The lowest BCUT2D eigenvalue weighted by molar-refractivity contribution is -0.136. The number of anilines is 2. The number of urea groups is 1. The zero-order valence-corrected chi connectivity index (χ0v) is 15.4. The van der Waals surface area contributed by atoms with E-state index in [9.17, 15) is 19.2 Å². The molecule has 2 aliphatic rings. The topological polar surface area (TPSA) is 128 Å². The number of aliphatic hydroxyl groups excluding tert-OH is 1. The van der Waals surface area contributed by atoms with Crippen LogP contribution in [0.3, 0.4) is 0 Å². The highest BCUT2D eigenvalue weighted by Crippen LogP contribution is 2.27. The van der Waals surface area contributed by atoms with Crippen LogP contribution in [0.1, 0.15) is 6.92 Å². The molecule has 2 aliphatic heterocycles. The standard InChI is InChI=1S/C18H20N4O6/c1-10-15(24)22(18(27)19-10)12-5-3-4-11(8-12)20-14-13(17(26)28-2)9-21(6-7-23)16(14)25/h3-5,8,10,20,23H,6-7,9H2,1-2H3,(H,19,27). The van der Waals surface area contributed by atoms with Crippen molar-refractivity contribution in [2.45, 2.75) is 13.0 Å². The Labute approximate surface area is 160 Å². The Balaban J connectivity index is 1.90. The molecule has 3 N–H and O–H groups in total. The first-order valence-corrected chi connectivity index (χ1v) is 8.60. The molecule has 10 nitrogen and oxygen atoms in total. The molecular weight excluding hydrogens is 368 g/mol. The van der Waals surface area contributed by atoms with Crippen molar-refractivity contribution in [1.82, 2.24) is 10.2 Å². The predicted molar refractivity (Wildman–Crippen MR) is 98.3 cm³/mol. The van der Waals surface area contributed by atoms with Crippen molar-refractivity contribution in [3.05, 3.63) is 35.5 Å². The number of hydrogen-bond acceptors (Lipinski definition) is 7. The molecule has 1 atom stereocenters. The fourth-order valence-corrected chi connectivity index (χ4v) is 3.07. The summed E-state index contributed by atoms with van der Waals surface area (Å²) in [7, 11) is 1.21. The summed E-state index contributed by atoms with van der Waals surface area (Å²) >= 11 is 0. The lowest BCUT2D eigenvalue weighted by atomic mass is 10.2. The third-order valence-corrected chi connectivity index (χ3v) is 4.46. The summed E-state index contributed by atoms with van der Waals surface area (Å²) in [6.07, 6.45) is 0. The Kier molecular flexibility index (Phi) is 5.32. The van der Waals surface area contributed by atoms with Crippen LogP contribution in [-0.4, -0.2) is 66.7 Å². The van der Waals surface area contributed by atoms with Gasteiger partial charge in [0, 0.05) is 12.2 Å². The van der Waals surface area contributed by atoms with Crippen LogP contribution in [0.2, 0.25) is 0 Å². The van der Waals surface area contributed by atoms with Gasteiger partial charge in [-0.2, -0.15) is 0 Å². The molecule has 28 heavy (non-hydrogen) atoms. The van der Waals surface area contributed by atoms with E-state index in [1.165, 1.54) is 18.1 Å². The summed E-state index contributed by atoms with van der Waals surface area (Å²) in [4.78, 5) is 51.2. The van der Waals surface area contributed by atoms with Crippen LogP contribution < -0.4 is 15.5 Å². The van der Waals surface area contributed by atoms with Crippen LogP contribution in [0.15, 0.2) is 35.5 Å². The van der Waals surface area contributed by atoms with Gasteiger partial charge in [-0.15, -0.1) is 0 Å². The highest BCUT2D eigenvalue weighted by atomic mass is 16.5. The summed E-state index contributed by atoms with van der Waals surface area (Å²) in [5.41, 5.74) is 0.904. The number of carbonyl (C=O) groups is 4. The van der Waals surface area contributed by atoms with Crippen LogP contribution in [0.4, 0.5) is 16.2 Å². The number of methoxy groups -OCH3 is 1. The molecule has 0 bridgehead atoms. The first-order chi connectivity index (χ1) is 13.4. The Morgan fingerprint density at radius 3 is 2.71 bits per heavy atom. The molecule has 10 heteroatoms. The average Bonchev–Trinajstić information content (AvgIpc) is 3.11. The van der Waals surface area contributed by atoms with E-state index >= 15 is 0 Å². The first kappa shape index (κ1) is 19.4. The molecule has 4 amide bonds. The minimum Gasteiger partial charge on any atom is -0.466 e. The third-order valence-electron chi connectivity index (χ3n) is 4.46. The second-order valence-electron chi connectivity index (χ2n) is 6.32. The maximum Gasteiger partial charge on any atom is 0.337 e. The fraction of sp³-hybridized carbons (Fsp3) is 0.333. The number of imide groups is 1. The van der Waals surface area contributed by atoms with E-state index in [1.807, 2.05) is 0 Å². The number of nitrogens with one attached hydrogen (secondary N) is 2. The van der Waals surface area contributed by atoms with Gasteiger partial charge in [0.05, 0.1) is 31.5 Å². The molecule has 0 aromatic heterocycles. The van der Waals surface area contributed by atoms with Gasteiger partial charge < -0.3 is 25.4 Å². The van der Waals surface area contributed by atoms with Crippen LogP contribution in [0.5, 0.6) is 0 Å². The second kappa shape index (κ2) is 7.69. The Bertz CT molecular complexity index is 881. The van der Waals surface area contributed by atoms with Gasteiger partial charge in [0.1, 0.15) is 11.7 Å². The van der Waals surface area contributed by atoms with Crippen molar-refractivity contribution in [3.8, 4) is 0 Å². The lowest BCUT2D eigenvalue weighted by Crippen LogP contribution is -2.31. The number of carbonyl (C=O) groups excluding carboxylic acids is 4. The Morgan fingerprint density at radius 2 is 2.11 bits per heavy atom. The molecule has 0 saturated carbocycles. The molecule has 2 heterocycles. The molecule has 1 aromatic carbocycles. The fourth-order valence-electron chi connectivity index (χ4n) is 3.07. The summed E-state index contributed by atoms with van der Waals surface area (Å²) < 4.78 is 4.74. The van der Waals surface area contributed by atoms with Gasteiger partial charge in [0.15, 0.2) is 0 Å². The Morgan fingerprint density at radius 1 is 1.36 bits per heavy atom. The third kappa shape index (κ3) is 3.41. The number of amides is 4. The summed E-state index contributed by atoms with van der Waals surface area (Å²) in [5.74, 6) is -1.50. The molecule has 3 rings (SSSR count). The van der Waals surface area contributed by atoms with E-state index in [0.717, 1.165) is 4.90 Å². The van der Waals surface area contributed by atoms with Crippen molar-refractivity contribution in [1.29, 1.82) is 0 Å². The van der Waals surface area contributed by atoms with Crippen molar-refractivity contribution >= 4 is 35.2 Å². The molecule has 1 fully saturated rings. The highest BCUT2D eigenvalue weighted by molar-refractivity contribution is 6.21. The van der Waals surface area contributed by atoms with E-state index in [2.05, 4.69) is 10.6 Å². The molecule has 0 spiro atoms.